The number of nitrogens with one attached hydrogen (secondary N) is 1. The summed E-state index contributed by atoms with van der Waals surface area (Å²) >= 11 is 18.2. The minimum Gasteiger partial charge on any atom is -0.362 e. The average molecular weight is 308 g/mol. The molecule has 18 heavy (non-hydrogen) atoms. The van der Waals surface area contributed by atoms with Crippen LogP contribution >= 0.6 is 34.8 Å². The van der Waals surface area contributed by atoms with Gasteiger partial charge in [-0.2, -0.15) is 0 Å². The third-order valence-corrected chi connectivity index (χ3v) is 4.55. The maximum absolute atomic E-state index is 6.18. The van der Waals surface area contributed by atoms with Crippen molar-refractivity contribution in [2.45, 2.75) is 38.1 Å². The largest absolute Gasteiger partial charge is 0.362 e. The van der Waals surface area contributed by atoms with Crippen LogP contribution in [0, 0.1) is 5.92 Å². The molecule has 5 heteroatoms. The van der Waals surface area contributed by atoms with Crippen LogP contribution in [0.25, 0.3) is 0 Å². The molecule has 1 N–H and O–H groups in total. The van der Waals surface area contributed by atoms with E-state index in [1.165, 1.54) is 12.8 Å². The number of halogens is 3. The van der Waals surface area contributed by atoms with Crippen molar-refractivity contribution in [3.8, 4) is 0 Å². The average Bonchev–Trinajstić information content (AvgIpc) is 2.33. The third-order valence-electron chi connectivity index (χ3n) is 3.54. The molecule has 0 spiro atoms. The van der Waals surface area contributed by atoms with Crippen LogP contribution in [0.15, 0.2) is 12.3 Å². The highest BCUT2D eigenvalue weighted by Crippen LogP contribution is 2.37. The lowest BCUT2D eigenvalue weighted by atomic mass is 9.77. The molecule has 1 heterocycles. The van der Waals surface area contributed by atoms with Gasteiger partial charge in [0, 0.05) is 12.1 Å². The van der Waals surface area contributed by atoms with Gasteiger partial charge < -0.3 is 5.32 Å². The van der Waals surface area contributed by atoms with Crippen LogP contribution in [0.1, 0.15) is 32.6 Å². The second kappa shape index (κ2) is 5.85. The fraction of sp³-hybridized carbons (Fsp3) is 0.615. The van der Waals surface area contributed by atoms with Crippen molar-refractivity contribution in [3.05, 3.63) is 22.3 Å². The summed E-state index contributed by atoms with van der Waals surface area (Å²) in [6.07, 6.45) is 6.16. The first-order valence-electron chi connectivity index (χ1n) is 6.20. The number of anilines is 1. The Hall–Kier alpha value is -0.180. The molecule has 2 rings (SSSR count). The van der Waals surface area contributed by atoms with Gasteiger partial charge in [0.05, 0.1) is 15.6 Å². The summed E-state index contributed by atoms with van der Waals surface area (Å²) in [5.74, 6) is 1.92. The van der Waals surface area contributed by atoms with Crippen LogP contribution in [0.2, 0.25) is 10.0 Å². The lowest BCUT2D eigenvalue weighted by molar-refractivity contribution is 0.279. The van der Waals surface area contributed by atoms with Crippen molar-refractivity contribution in [2.75, 3.05) is 11.2 Å². The van der Waals surface area contributed by atoms with E-state index in [-0.39, 0.29) is 5.54 Å². The van der Waals surface area contributed by atoms with Crippen LogP contribution in [-0.4, -0.2) is 16.4 Å². The van der Waals surface area contributed by atoms with Crippen LogP contribution in [0.5, 0.6) is 0 Å². The van der Waals surface area contributed by atoms with E-state index >= 15 is 0 Å². The Morgan fingerprint density at radius 2 is 2.28 bits per heavy atom. The standard InChI is InChI=1S/C13H17Cl3N2/c1-9-3-2-4-13(6-9,8-14)18-12-11(16)5-10(15)7-17-12/h5,7,9H,2-4,6,8H2,1H3,(H,17,18). The van der Waals surface area contributed by atoms with Crippen molar-refractivity contribution in [3.63, 3.8) is 0 Å². The maximum atomic E-state index is 6.18. The predicted octanol–water partition coefficient (Wildman–Crippen LogP) is 4.99. The van der Waals surface area contributed by atoms with Gasteiger partial charge in [0.15, 0.2) is 0 Å². The first-order valence-corrected chi connectivity index (χ1v) is 7.49. The topological polar surface area (TPSA) is 24.9 Å². The van der Waals surface area contributed by atoms with Crippen molar-refractivity contribution in [1.82, 2.24) is 4.98 Å². The van der Waals surface area contributed by atoms with Gasteiger partial charge in [-0.15, -0.1) is 11.6 Å². The molecule has 0 amide bonds. The molecule has 1 saturated carbocycles. The molecule has 2 unspecified atom stereocenters. The number of aromatic nitrogens is 1. The van der Waals surface area contributed by atoms with Gasteiger partial charge >= 0.3 is 0 Å². The number of nitrogens with zero attached hydrogens (tertiary/aromatic N) is 1. The van der Waals surface area contributed by atoms with Crippen LogP contribution in [-0.2, 0) is 0 Å². The number of hydrogen-bond donors (Lipinski definition) is 1. The van der Waals surface area contributed by atoms with E-state index in [1.807, 2.05) is 0 Å². The molecular weight excluding hydrogens is 291 g/mol. The third kappa shape index (κ3) is 3.23. The van der Waals surface area contributed by atoms with E-state index in [4.69, 9.17) is 34.8 Å². The minimum absolute atomic E-state index is 0.0936. The molecule has 1 aromatic heterocycles. The van der Waals surface area contributed by atoms with Gasteiger partial charge in [-0.3, -0.25) is 0 Å². The van der Waals surface area contributed by atoms with Gasteiger partial charge in [0.2, 0.25) is 0 Å². The van der Waals surface area contributed by atoms with Crippen LogP contribution in [0.4, 0.5) is 5.82 Å². The Bertz CT molecular complexity index is 425. The molecule has 0 aromatic carbocycles. The molecule has 1 aliphatic rings. The SMILES string of the molecule is CC1CCCC(CCl)(Nc2ncc(Cl)cc2Cl)C1. The zero-order valence-electron chi connectivity index (χ0n) is 10.3. The zero-order valence-corrected chi connectivity index (χ0v) is 12.6. The number of rotatable bonds is 3. The van der Waals surface area contributed by atoms with E-state index in [0.717, 1.165) is 12.8 Å². The quantitative estimate of drug-likeness (QED) is 0.796. The normalized spacial score (nSPS) is 28.1. The van der Waals surface area contributed by atoms with E-state index < -0.39 is 0 Å². The van der Waals surface area contributed by atoms with E-state index in [9.17, 15) is 0 Å². The van der Waals surface area contributed by atoms with E-state index in [0.29, 0.717) is 27.7 Å². The molecule has 1 fully saturated rings. The summed E-state index contributed by atoms with van der Waals surface area (Å²) in [6, 6.07) is 1.70. The van der Waals surface area contributed by atoms with Crippen molar-refractivity contribution >= 4 is 40.6 Å². The van der Waals surface area contributed by atoms with Gasteiger partial charge in [0.1, 0.15) is 5.82 Å². The van der Waals surface area contributed by atoms with Gasteiger partial charge in [-0.1, -0.05) is 43.0 Å². The second-order valence-corrected chi connectivity index (χ2v) is 6.34. The molecule has 0 radical (unpaired) electrons. The summed E-state index contributed by atoms with van der Waals surface area (Å²) in [6.45, 7) is 2.26. The molecular formula is C13H17Cl3N2. The maximum Gasteiger partial charge on any atom is 0.145 e. The molecule has 100 valence electrons. The number of pyridine rings is 1. The smallest absolute Gasteiger partial charge is 0.145 e. The molecule has 0 aliphatic heterocycles. The number of hydrogen-bond acceptors (Lipinski definition) is 2. The van der Waals surface area contributed by atoms with Gasteiger partial charge in [-0.25, -0.2) is 4.98 Å². The molecule has 1 aliphatic carbocycles. The molecule has 2 atom stereocenters. The lowest BCUT2D eigenvalue weighted by Crippen LogP contribution is -2.44. The Kier molecular flexibility index (Phi) is 4.63. The highest BCUT2D eigenvalue weighted by Gasteiger charge is 2.34. The van der Waals surface area contributed by atoms with Gasteiger partial charge in [-0.05, 0) is 24.8 Å². The zero-order chi connectivity index (χ0) is 13.2. The fourth-order valence-corrected chi connectivity index (χ4v) is 3.42. The summed E-state index contributed by atoms with van der Waals surface area (Å²) in [7, 11) is 0. The summed E-state index contributed by atoms with van der Waals surface area (Å²) < 4.78 is 0. The van der Waals surface area contributed by atoms with Crippen molar-refractivity contribution < 1.29 is 0 Å². The van der Waals surface area contributed by atoms with Crippen LogP contribution < -0.4 is 5.32 Å². The summed E-state index contributed by atoms with van der Waals surface area (Å²) in [5.41, 5.74) is -0.0936. The highest BCUT2D eigenvalue weighted by atomic mass is 35.5. The Balaban J connectivity index is 2.19. The fourth-order valence-electron chi connectivity index (χ4n) is 2.69. The van der Waals surface area contributed by atoms with Crippen LogP contribution in [0.3, 0.4) is 0 Å². The highest BCUT2D eigenvalue weighted by molar-refractivity contribution is 6.36. The summed E-state index contributed by atoms with van der Waals surface area (Å²) in [4.78, 5) is 4.26. The van der Waals surface area contributed by atoms with Crippen molar-refractivity contribution in [1.29, 1.82) is 0 Å². The Morgan fingerprint density at radius 3 is 2.89 bits per heavy atom. The Labute approximate surface area is 123 Å². The van der Waals surface area contributed by atoms with E-state index in [1.54, 1.807) is 12.3 Å². The minimum atomic E-state index is -0.0936. The summed E-state index contributed by atoms with van der Waals surface area (Å²) in [5, 5.41) is 4.53. The Morgan fingerprint density at radius 1 is 1.50 bits per heavy atom. The molecule has 0 bridgehead atoms. The first-order chi connectivity index (χ1) is 8.54. The van der Waals surface area contributed by atoms with Crippen molar-refractivity contribution in [2.24, 2.45) is 5.92 Å². The molecule has 2 nitrogen and oxygen atoms in total. The number of alkyl halides is 1. The predicted molar refractivity (Wildman–Crippen MR) is 79.0 cm³/mol. The lowest BCUT2D eigenvalue weighted by Gasteiger charge is -2.40. The monoisotopic (exact) mass is 306 g/mol. The second-order valence-electron chi connectivity index (χ2n) is 5.22. The van der Waals surface area contributed by atoms with Gasteiger partial charge in [0.25, 0.3) is 0 Å². The van der Waals surface area contributed by atoms with E-state index in [2.05, 4.69) is 17.2 Å². The molecule has 0 saturated heterocycles. The first kappa shape index (κ1) is 14.2. The molecule has 1 aromatic rings.